The molecular formula is C25H43NO6. The predicted molar refractivity (Wildman–Crippen MR) is 126 cm³/mol. The van der Waals surface area contributed by atoms with Gasteiger partial charge in [-0.05, 0) is 62.8 Å². The smallest absolute Gasteiger partial charge is 0.305 e. The fraction of sp³-hybridized carbons (Fsp3) is 0.720. The highest BCUT2D eigenvalue weighted by Crippen LogP contribution is 2.14. The Hall–Kier alpha value is -1.67. The van der Waals surface area contributed by atoms with E-state index in [0.29, 0.717) is 46.0 Å². The molecule has 1 aromatic rings. The van der Waals surface area contributed by atoms with Crippen molar-refractivity contribution in [3.8, 4) is 5.75 Å². The third-order valence-corrected chi connectivity index (χ3v) is 4.92. The summed E-state index contributed by atoms with van der Waals surface area (Å²) < 4.78 is 27.0. The Morgan fingerprint density at radius 3 is 2.00 bits per heavy atom. The molecule has 7 nitrogen and oxygen atoms in total. The number of unbranched alkanes of at least 4 members (excludes halogenated alkanes) is 5. The van der Waals surface area contributed by atoms with Crippen LogP contribution in [0, 0.1) is 0 Å². The Balaban J connectivity index is 1.76. The van der Waals surface area contributed by atoms with Gasteiger partial charge in [-0.3, -0.25) is 4.79 Å². The monoisotopic (exact) mass is 453 g/mol. The van der Waals surface area contributed by atoms with Crippen molar-refractivity contribution in [2.45, 2.75) is 57.8 Å². The maximum absolute atomic E-state index is 11.0. The van der Waals surface area contributed by atoms with Crippen LogP contribution in [0.1, 0.15) is 56.9 Å². The molecule has 0 fully saturated rings. The highest BCUT2D eigenvalue weighted by molar-refractivity contribution is 5.68. The van der Waals surface area contributed by atoms with Crippen LogP contribution in [0.2, 0.25) is 0 Å². The molecule has 0 aliphatic rings. The van der Waals surface area contributed by atoms with Crippen LogP contribution in [0.25, 0.3) is 0 Å². The maximum atomic E-state index is 11.0. The van der Waals surface area contributed by atoms with Crippen LogP contribution in [-0.4, -0.2) is 65.9 Å². The van der Waals surface area contributed by atoms with E-state index in [2.05, 4.69) is 16.9 Å². The number of methoxy groups -OCH3 is 1. The van der Waals surface area contributed by atoms with E-state index in [1.807, 2.05) is 12.1 Å². The summed E-state index contributed by atoms with van der Waals surface area (Å²) in [6.45, 7) is 5.27. The Morgan fingerprint density at radius 2 is 1.38 bits per heavy atom. The van der Waals surface area contributed by atoms with Gasteiger partial charge in [-0.2, -0.15) is 0 Å². The van der Waals surface area contributed by atoms with Crippen LogP contribution in [-0.2, 0) is 30.2 Å². The van der Waals surface area contributed by atoms with Gasteiger partial charge in [0.05, 0.1) is 40.1 Å². The average Bonchev–Trinajstić information content (AvgIpc) is 2.81. The SMILES string of the molecule is COC(=O)CCCCCOCCOCCOCCCCCCOc1cccc(CCN)c1. The molecule has 0 saturated heterocycles. The molecule has 184 valence electrons. The molecule has 0 heterocycles. The fourth-order valence-electron chi connectivity index (χ4n) is 3.10. The normalized spacial score (nSPS) is 10.9. The van der Waals surface area contributed by atoms with Gasteiger partial charge >= 0.3 is 5.97 Å². The van der Waals surface area contributed by atoms with Crippen molar-refractivity contribution in [1.82, 2.24) is 0 Å². The first kappa shape index (κ1) is 28.4. The number of ether oxygens (including phenoxy) is 5. The zero-order chi connectivity index (χ0) is 23.1. The van der Waals surface area contributed by atoms with Crippen molar-refractivity contribution >= 4 is 5.97 Å². The number of hydrogen-bond acceptors (Lipinski definition) is 7. The summed E-state index contributed by atoms with van der Waals surface area (Å²) in [6.07, 6.45) is 8.54. The molecular weight excluding hydrogens is 410 g/mol. The highest BCUT2D eigenvalue weighted by atomic mass is 16.5. The van der Waals surface area contributed by atoms with E-state index >= 15 is 0 Å². The van der Waals surface area contributed by atoms with Crippen LogP contribution in [0.3, 0.4) is 0 Å². The van der Waals surface area contributed by atoms with Crippen molar-refractivity contribution in [3.05, 3.63) is 29.8 Å². The first-order valence-electron chi connectivity index (χ1n) is 12.0. The molecule has 0 amide bonds. The third-order valence-electron chi connectivity index (χ3n) is 4.92. The molecule has 0 unspecified atom stereocenters. The van der Waals surface area contributed by atoms with Crippen molar-refractivity contribution in [2.24, 2.45) is 5.73 Å². The van der Waals surface area contributed by atoms with Crippen LogP contribution in [0.15, 0.2) is 24.3 Å². The lowest BCUT2D eigenvalue weighted by atomic mass is 10.1. The number of rotatable bonds is 22. The minimum absolute atomic E-state index is 0.146. The summed E-state index contributed by atoms with van der Waals surface area (Å²) >= 11 is 0. The van der Waals surface area contributed by atoms with Gasteiger partial charge in [-0.1, -0.05) is 25.0 Å². The zero-order valence-electron chi connectivity index (χ0n) is 19.9. The quantitative estimate of drug-likeness (QED) is 0.210. The van der Waals surface area contributed by atoms with E-state index in [9.17, 15) is 4.79 Å². The van der Waals surface area contributed by atoms with Gasteiger partial charge in [-0.15, -0.1) is 0 Å². The summed E-state index contributed by atoms with van der Waals surface area (Å²) in [7, 11) is 1.42. The second-order valence-corrected chi connectivity index (χ2v) is 7.67. The number of nitrogens with two attached hydrogens (primary N) is 1. The first-order chi connectivity index (χ1) is 15.8. The fourth-order valence-corrected chi connectivity index (χ4v) is 3.10. The van der Waals surface area contributed by atoms with Gasteiger partial charge in [0, 0.05) is 19.6 Å². The number of carbonyl (C=O) groups is 1. The molecule has 2 N–H and O–H groups in total. The van der Waals surface area contributed by atoms with Gasteiger partial charge in [0.15, 0.2) is 0 Å². The summed E-state index contributed by atoms with van der Waals surface area (Å²) in [5, 5.41) is 0. The standard InChI is InChI=1S/C25H43NO6/c1-28-25(27)12-5-4-7-16-30-19-21-31-20-18-29-15-6-2-3-8-17-32-24-11-9-10-23(22-24)13-14-26/h9-11,22H,2-8,12-21,26H2,1H3. The molecule has 0 spiro atoms. The molecule has 1 rings (SSSR count). The average molecular weight is 454 g/mol. The van der Waals surface area contributed by atoms with Crippen molar-refractivity contribution in [1.29, 1.82) is 0 Å². The van der Waals surface area contributed by atoms with Crippen LogP contribution in [0.5, 0.6) is 5.75 Å². The molecule has 0 atom stereocenters. The minimum Gasteiger partial charge on any atom is -0.494 e. The molecule has 0 aliphatic carbocycles. The van der Waals surface area contributed by atoms with Gasteiger partial charge < -0.3 is 29.4 Å². The highest BCUT2D eigenvalue weighted by Gasteiger charge is 2.00. The van der Waals surface area contributed by atoms with Crippen LogP contribution < -0.4 is 10.5 Å². The predicted octanol–water partition coefficient (Wildman–Crippen LogP) is 3.91. The summed E-state index contributed by atoms with van der Waals surface area (Å²) in [5.74, 6) is 0.785. The maximum Gasteiger partial charge on any atom is 0.305 e. The van der Waals surface area contributed by atoms with Gasteiger partial charge in [0.1, 0.15) is 5.75 Å². The van der Waals surface area contributed by atoms with E-state index in [4.69, 9.17) is 24.7 Å². The van der Waals surface area contributed by atoms with Crippen molar-refractivity contribution in [3.63, 3.8) is 0 Å². The minimum atomic E-state index is -0.146. The number of benzene rings is 1. The Kier molecular flexibility index (Phi) is 18.8. The lowest BCUT2D eigenvalue weighted by Gasteiger charge is -2.08. The topological polar surface area (TPSA) is 89.2 Å². The van der Waals surface area contributed by atoms with E-state index in [1.165, 1.54) is 12.7 Å². The van der Waals surface area contributed by atoms with Gasteiger partial charge in [-0.25, -0.2) is 0 Å². The van der Waals surface area contributed by atoms with E-state index in [-0.39, 0.29) is 5.97 Å². The molecule has 0 saturated carbocycles. The summed E-state index contributed by atoms with van der Waals surface area (Å²) in [5.41, 5.74) is 6.82. The van der Waals surface area contributed by atoms with Crippen molar-refractivity contribution in [2.75, 3.05) is 59.9 Å². The van der Waals surface area contributed by atoms with Crippen molar-refractivity contribution < 1.29 is 28.5 Å². The Morgan fingerprint density at radius 1 is 0.781 bits per heavy atom. The molecule has 7 heteroatoms. The van der Waals surface area contributed by atoms with Crippen LogP contribution >= 0.6 is 0 Å². The molecule has 0 radical (unpaired) electrons. The lowest BCUT2D eigenvalue weighted by molar-refractivity contribution is -0.140. The summed E-state index contributed by atoms with van der Waals surface area (Å²) in [6, 6.07) is 8.17. The number of carbonyl (C=O) groups excluding carboxylic acids is 1. The van der Waals surface area contributed by atoms with Crippen LogP contribution in [0.4, 0.5) is 0 Å². The molecule has 1 aromatic carbocycles. The van der Waals surface area contributed by atoms with E-state index in [1.54, 1.807) is 0 Å². The third kappa shape index (κ3) is 17.0. The second-order valence-electron chi connectivity index (χ2n) is 7.67. The Labute approximate surface area is 193 Å². The zero-order valence-corrected chi connectivity index (χ0v) is 19.9. The largest absolute Gasteiger partial charge is 0.494 e. The van der Waals surface area contributed by atoms with Gasteiger partial charge in [0.25, 0.3) is 0 Å². The molecule has 0 bridgehead atoms. The molecule has 0 aromatic heterocycles. The number of esters is 1. The second kappa shape index (κ2) is 21.2. The number of hydrogen-bond donors (Lipinski definition) is 1. The first-order valence-corrected chi connectivity index (χ1v) is 12.0. The van der Waals surface area contributed by atoms with Gasteiger partial charge in [0.2, 0.25) is 0 Å². The van der Waals surface area contributed by atoms with E-state index in [0.717, 1.165) is 70.3 Å². The lowest BCUT2D eigenvalue weighted by Crippen LogP contribution is -2.10. The summed E-state index contributed by atoms with van der Waals surface area (Å²) in [4.78, 5) is 11.0. The molecule has 0 aliphatic heterocycles. The Bertz CT molecular complexity index is 569. The molecule has 32 heavy (non-hydrogen) atoms. The van der Waals surface area contributed by atoms with E-state index < -0.39 is 0 Å².